The Morgan fingerprint density at radius 3 is 2.44 bits per heavy atom. The molecule has 0 spiro atoms. The number of rotatable bonds is 3. The molecular formula is C18H17F3N2OS. The Morgan fingerprint density at radius 1 is 1.12 bits per heavy atom. The van der Waals surface area contributed by atoms with E-state index in [0.29, 0.717) is 18.7 Å². The fraction of sp³-hybridized carbons (Fsp3) is 0.278. The van der Waals surface area contributed by atoms with Gasteiger partial charge in [-0.05, 0) is 23.3 Å². The maximum atomic E-state index is 12.7. The van der Waals surface area contributed by atoms with Crippen molar-refractivity contribution in [2.45, 2.75) is 18.1 Å². The SMILES string of the molecule is O=C(NCc1ccccc1)N1CCS[C@@H]1c1ccc(C(F)(F)F)cc1. The van der Waals surface area contributed by atoms with E-state index in [-0.39, 0.29) is 11.4 Å². The zero-order valence-electron chi connectivity index (χ0n) is 13.3. The van der Waals surface area contributed by atoms with E-state index in [2.05, 4.69) is 5.32 Å². The molecule has 2 aromatic carbocycles. The fourth-order valence-corrected chi connectivity index (χ4v) is 3.92. The van der Waals surface area contributed by atoms with Crippen molar-refractivity contribution in [3.63, 3.8) is 0 Å². The number of thioether (sulfide) groups is 1. The van der Waals surface area contributed by atoms with Crippen LogP contribution in [0.2, 0.25) is 0 Å². The first-order chi connectivity index (χ1) is 11.9. The molecule has 2 amide bonds. The van der Waals surface area contributed by atoms with E-state index in [0.717, 1.165) is 23.4 Å². The second-order valence-electron chi connectivity index (χ2n) is 5.68. The summed E-state index contributed by atoms with van der Waals surface area (Å²) >= 11 is 1.55. The lowest BCUT2D eigenvalue weighted by molar-refractivity contribution is -0.137. The molecule has 1 atom stereocenters. The average molecular weight is 366 g/mol. The van der Waals surface area contributed by atoms with Gasteiger partial charge in [0.25, 0.3) is 0 Å². The van der Waals surface area contributed by atoms with Crippen molar-refractivity contribution in [3.8, 4) is 0 Å². The molecule has 3 rings (SSSR count). The van der Waals surface area contributed by atoms with E-state index in [1.165, 1.54) is 12.1 Å². The highest BCUT2D eigenvalue weighted by molar-refractivity contribution is 7.99. The number of amides is 2. The Labute approximate surface area is 148 Å². The monoisotopic (exact) mass is 366 g/mol. The maximum absolute atomic E-state index is 12.7. The van der Waals surface area contributed by atoms with Crippen molar-refractivity contribution in [2.24, 2.45) is 0 Å². The summed E-state index contributed by atoms with van der Waals surface area (Å²) in [4.78, 5) is 14.1. The lowest BCUT2D eigenvalue weighted by Crippen LogP contribution is -2.39. The van der Waals surface area contributed by atoms with E-state index in [1.807, 2.05) is 30.3 Å². The number of urea groups is 1. The molecule has 25 heavy (non-hydrogen) atoms. The van der Waals surface area contributed by atoms with E-state index >= 15 is 0 Å². The third kappa shape index (κ3) is 4.28. The standard InChI is InChI=1S/C18H17F3N2OS/c19-18(20,21)15-8-6-14(7-9-15)16-23(10-11-25-16)17(24)22-12-13-4-2-1-3-5-13/h1-9,16H,10-12H2,(H,22,24)/t16-/m1/s1. The summed E-state index contributed by atoms with van der Waals surface area (Å²) in [5, 5.41) is 2.60. The van der Waals surface area contributed by atoms with Crippen molar-refractivity contribution in [2.75, 3.05) is 12.3 Å². The maximum Gasteiger partial charge on any atom is 0.416 e. The highest BCUT2D eigenvalue weighted by Crippen LogP contribution is 2.39. The van der Waals surface area contributed by atoms with Crippen LogP contribution in [0.25, 0.3) is 0 Å². The third-order valence-electron chi connectivity index (χ3n) is 3.96. The van der Waals surface area contributed by atoms with Crippen molar-refractivity contribution in [3.05, 3.63) is 71.3 Å². The zero-order chi connectivity index (χ0) is 17.9. The molecule has 1 heterocycles. The first-order valence-corrected chi connectivity index (χ1v) is 8.87. The van der Waals surface area contributed by atoms with Gasteiger partial charge in [0.2, 0.25) is 0 Å². The van der Waals surface area contributed by atoms with Gasteiger partial charge >= 0.3 is 12.2 Å². The summed E-state index contributed by atoms with van der Waals surface area (Å²) in [5.74, 6) is 0.754. The zero-order valence-corrected chi connectivity index (χ0v) is 14.1. The highest BCUT2D eigenvalue weighted by atomic mass is 32.2. The van der Waals surface area contributed by atoms with Crippen molar-refractivity contribution >= 4 is 17.8 Å². The first kappa shape index (κ1) is 17.7. The topological polar surface area (TPSA) is 32.3 Å². The van der Waals surface area contributed by atoms with Crippen molar-refractivity contribution < 1.29 is 18.0 Å². The van der Waals surface area contributed by atoms with Gasteiger partial charge in [0.15, 0.2) is 0 Å². The van der Waals surface area contributed by atoms with Crippen LogP contribution in [-0.4, -0.2) is 23.2 Å². The number of nitrogens with one attached hydrogen (secondary N) is 1. The molecule has 2 aromatic rings. The Kier molecular flexibility index (Phi) is 5.22. The van der Waals surface area contributed by atoms with Crippen molar-refractivity contribution in [1.82, 2.24) is 10.2 Å². The van der Waals surface area contributed by atoms with Gasteiger partial charge in [0, 0.05) is 18.8 Å². The Morgan fingerprint density at radius 2 is 1.80 bits per heavy atom. The van der Waals surface area contributed by atoms with Crippen LogP contribution in [0.3, 0.4) is 0 Å². The number of carbonyl (C=O) groups excluding carboxylic acids is 1. The van der Waals surface area contributed by atoms with Crippen LogP contribution in [-0.2, 0) is 12.7 Å². The van der Waals surface area contributed by atoms with Gasteiger partial charge < -0.3 is 10.2 Å². The smallest absolute Gasteiger partial charge is 0.334 e. The van der Waals surface area contributed by atoms with E-state index < -0.39 is 11.7 Å². The van der Waals surface area contributed by atoms with Crippen LogP contribution in [0.1, 0.15) is 22.1 Å². The predicted molar refractivity (Wildman–Crippen MR) is 92.0 cm³/mol. The molecule has 1 N–H and O–H groups in total. The van der Waals surface area contributed by atoms with Gasteiger partial charge in [0.1, 0.15) is 5.37 Å². The van der Waals surface area contributed by atoms with Crippen LogP contribution in [0.15, 0.2) is 54.6 Å². The molecule has 1 aliphatic rings. The summed E-state index contributed by atoms with van der Waals surface area (Å²) < 4.78 is 38.1. The second-order valence-corrected chi connectivity index (χ2v) is 6.87. The molecule has 0 aliphatic carbocycles. The second kappa shape index (κ2) is 7.39. The highest BCUT2D eigenvalue weighted by Gasteiger charge is 2.33. The van der Waals surface area contributed by atoms with Crippen LogP contribution >= 0.6 is 11.8 Å². The average Bonchev–Trinajstić information content (AvgIpc) is 3.10. The largest absolute Gasteiger partial charge is 0.416 e. The molecule has 0 aromatic heterocycles. The lowest BCUT2D eigenvalue weighted by Gasteiger charge is -2.24. The Hall–Kier alpha value is -2.15. The quantitative estimate of drug-likeness (QED) is 0.857. The van der Waals surface area contributed by atoms with Gasteiger partial charge in [-0.1, -0.05) is 42.5 Å². The molecule has 0 unspecified atom stereocenters. The lowest BCUT2D eigenvalue weighted by atomic mass is 10.1. The molecule has 0 saturated carbocycles. The number of nitrogens with zero attached hydrogens (tertiary/aromatic N) is 1. The van der Waals surface area contributed by atoms with Gasteiger partial charge in [-0.15, -0.1) is 11.8 Å². The fourth-order valence-electron chi connectivity index (χ4n) is 2.67. The molecule has 132 valence electrons. The number of carbonyl (C=O) groups is 1. The summed E-state index contributed by atoms with van der Waals surface area (Å²) in [7, 11) is 0. The van der Waals surface area contributed by atoms with Gasteiger partial charge in [-0.3, -0.25) is 0 Å². The summed E-state index contributed by atoms with van der Waals surface area (Å²) in [6.07, 6.45) is -4.35. The van der Waals surface area contributed by atoms with E-state index in [4.69, 9.17) is 0 Å². The van der Waals surface area contributed by atoms with Gasteiger partial charge in [-0.2, -0.15) is 13.2 Å². The minimum Gasteiger partial charge on any atom is -0.334 e. The Bertz CT molecular complexity index is 719. The molecule has 1 aliphatic heterocycles. The molecule has 1 saturated heterocycles. The van der Waals surface area contributed by atoms with E-state index in [9.17, 15) is 18.0 Å². The number of benzene rings is 2. The van der Waals surface area contributed by atoms with Gasteiger partial charge in [-0.25, -0.2) is 4.79 Å². The molecule has 0 bridgehead atoms. The minimum atomic E-state index is -4.35. The normalized spacial score (nSPS) is 17.6. The first-order valence-electron chi connectivity index (χ1n) is 7.82. The van der Waals surface area contributed by atoms with Gasteiger partial charge in [0.05, 0.1) is 5.56 Å². The summed E-state index contributed by atoms with van der Waals surface area (Å²) in [6, 6.07) is 14.4. The van der Waals surface area contributed by atoms with E-state index in [1.54, 1.807) is 16.7 Å². The predicted octanol–water partition coefficient (Wildman–Crippen LogP) is 4.66. The number of hydrogen-bond acceptors (Lipinski definition) is 2. The summed E-state index contributed by atoms with van der Waals surface area (Å²) in [5.41, 5.74) is 1.01. The van der Waals surface area contributed by atoms with Crippen LogP contribution in [0.4, 0.5) is 18.0 Å². The molecule has 1 fully saturated rings. The Balaban J connectivity index is 1.66. The molecule has 3 nitrogen and oxygen atoms in total. The number of hydrogen-bond donors (Lipinski definition) is 1. The third-order valence-corrected chi connectivity index (χ3v) is 5.22. The summed E-state index contributed by atoms with van der Waals surface area (Å²) in [6.45, 7) is 0.984. The molecular weight excluding hydrogens is 349 g/mol. The minimum absolute atomic E-state index is 0.209. The van der Waals surface area contributed by atoms with Crippen LogP contribution in [0, 0.1) is 0 Å². The molecule has 0 radical (unpaired) electrons. The van der Waals surface area contributed by atoms with Crippen LogP contribution in [0.5, 0.6) is 0 Å². The molecule has 7 heteroatoms. The number of alkyl halides is 3. The van der Waals surface area contributed by atoms with Crippen LogP contribution < -0.4 is 5.32 Å². The number of halogens is 3. The van der Waals surface area contributed by atoms with Crippen molar-refractivity contribution in [1.29, 1.82) is 0 Å².